The van der Waals surface area contributed by atoms with Crippen LogP contribution in [0.2, 0.25) is 0 Å². The third kappa shape index (κ3) is 3.79. The van der Waals surface area contributed by atoms with E-state index in [-0.39, 0.29) is 0 Å². The number of likely N-dealkylation sites (N-methyl/N-ethyl adjacent to an activating group) is 1. The fourth-order valence-electron chi connectivity index (χ4n) is 3.98. The van der Waals surface area contributed by atoms with Crippen molar-refractivity contribution in [3.05, 3.63) is 12.4 Å². The van der Waals surface area contributed by atoms with E-state index in [9.17, 15) is 0 Å². The number of nitrogens with one attached hydrogen (secondary N) is 1. The molecule has 0 aliphatic heterocycles. The zero-order valence-corrected chi connectivity index (χ0v) is 13.4. The van der Waals surface area contributed by atoms with Crippen molar-refractivity contribution >= 4 is 5.95 Å². The fraction of sp³-hybridized carbons (Fsp3) is 0.824. The Kier molecular flexibility index (Phi) is 5.17. The standard InChI is InChI=1S/C17H30N4/c1-20(15-7-5-6-8-15)13-11-18-17-19-12-14-21(17)16-9-3-2-4-10-16/h12,14-16H,2-11,13H2,1H3,(H,18,19). The number of nitrogens with zero attached hydrogens (tertiary/aromatic N) is 3. The van der Waals surface area contributed by atoms with Crippen LogP contribution in [0.1, 0.15) is 63.8 Å². The molecule has 2 aliphatic carbocycles. The van der Waals surface area contributed by atoms with E-state index in [1.165, 1.54) is 57.8 Å². The highest BCUT2D eigenvalue weighted by atomic mass is 15.2. The molecule has 2 fully saturated rings. The average molecular weight is 290 g/mol. The summed E-state index contributed by atoms with van der Waals surface area (Å²) in [6, 6.07) is 1.47. The molecule has 0 spiro atoms. The molecular weight excluding hydrogens is 260 g/mol. The molecule has 0 bridgehead atoms. The SMILES string of the molecule is CN(CCNc1nccn1C1CCCCC1)C1CCCC1. The van der Waals surface area contributed by atoms with Crippen LogP contribution in [-0.2, 0) is 0 Å². The summed E-state index contributed by atoms with van der Waals surface area (Å²) < 4.78 is 2.37. The summed E-state index contributed by atoms with van der Waals surface area (Å²) in [6.07, 6.45) is 16.4. The largest absolute Gasteiger partial charge is 0.354 e. The van der Waals surface area contributed by atoms with E-state index in [0.29, 0.717) is 6.04 Å². The smallest absolute Gasteiger partial charge is 0.203 e. The molecule has 1 N–H and O–H groups in total. The molecular formula is C17H30N4. The van der Waals surface area contributed by atoms with E-state index >= 15 is 0 Å². The lowest BCUT2D eigenvalue weighted by molar-refractivity contribution is 0.254. The predicted molar refractivity (Wildman–Crippen MR) is 87.7 cm³/mol. The Morgan fingerprint density at radius 2 is 1.86 bits per heavy atom. The zero-order chi connectivity index (χ0) is 14.5. The Morgan fingerprint density at radius 1 is 1.14 bits per heavy atom. The highest BCUT2D eigenvalue weighted by Gasteiger charge is 2.20. The first-order chi connectivity index (χ1) is 10.3. The molecule has 1 heterocycles. The van der Waals surface area contributed by atoms with Crippen LogP contribution in [0.3, 0.4) is 0 Å². The van der Waals surface area contributed by atoms with Gasteiger partial charge in [-0.25, -0.2) is 4.98 Å². The first-order valence-electron chi connectivity index (χ1n) is 8.81. The van der Waals surface area contributed by atoms with Gasteiger partial charge in [0.25, 0.3) is 0 Å². The first-order valence-corrected chi connectivity index (χ1v) is 8.81. The molecule has 0 amide bonds. The van der Waals surface area contributed by atoms with Crippen molar-refractivity contribution in [1.82, 2.24) is 14.5 Å². The lowest BCUT2D eigenvalue weighted by atomic mass is 9.95. The number of imidazole rings is 1. The Hall–Kier alpha value is -1.03. The quantitative estimate of drug-likeness (QED) is 0.867. The van der Waals surface area contributed by atoms with Crippen LogP contribution in [0, 0.1) is 0 Å². The van der Waals surface area contributed by atoms with Crippen molar-refractivity contribution in [2.24, 2.45) is 0 Å². The summed E-state index contributed by atoms with van der Waals surface area (Å²) in [6.45, 7) is 2.11. The third-order valence-electron chi connectivity index (χ3n) is 5.33. The summed E-state index contributed by atoms with van der Waals surface area (Å²) in [5, 5.41) is 3.56. The van der Waals surface area contributed by atoms with Gasteiger partial charge in [-0.1, -0.05) is 32.1 Å². The van der Waals surface area contributed by atoms with Gasteiger partial charge in [0, 0.05) is 37.6 Å². The van der Waals surface area contributed by atoms with Crippen molar-refractivity contribution in [2.75, 3.05) is 25.5 Å². The molecule has 4 heteroatoms. The molecule has 2 aliphatic rings. The maximum Gasteiger partial charge on any atom is 0.203 e. The maximum atomic E-state index is 4.52. The summed E-state index contributed by atoms with van der Waals surface area (Å²) in [5.41, 5.74) is 0. The minimum absolute atomic E-state index is 0.663. The molecule has 0 radical (unpaired) electrons. The van der Waals surface area contributed by atoms with Crippen molar-refractivity contribution in [2.45, 2.75) is 69.9 Å². The van der Waals surface area contributed by atoms with Crippen LogP contribution in [0.15, 0.2) is 12.4 Å². The van der Waals surface area contributed by atoms with Crippen molar-refractivity contribution in [3.8, 4) is 0 Å². The molecule has 2 saturated carbocycles. The molecule has 4 nitrogen and oxygen atoms in total. The molecule has 0 atom stereocenters. The lowest BCUT2D eigenvalue weighted by Crippen LogP contribution is -2.33. The number of anilines is 1. The molecule has 118 valence electrons. The molecule has 3 rings (SSSR count). The summed E-state index contributed by atoms with van der Waals surface area (Å²) >= 11 is 0. The van der Waals surface area contributed by atoms with E-state index < -0.39 is 0 Å². The number of rotatable bonds is 6. The van der Waals surface area contributed by atoms with E-state index in [1.54, 1.807) is 0 Å². The van der Waals surface area contributed by atoms with Crippen LogP contribution in [0.4, 0.5) is 5.95 Å². The van der Waals surface area contributed by atoms with Gasteiger partial charge in [0.1, 0.15) is 0 Å². The highest BCUT2D eigenvalue weighted by Crippen LogP contribution is 2.30. The minimum atomic E-state index is 0.663. The Balaban J connectivity index is 1.47. The molecule has 1 aromatic heterocycles. The van der Waals surface area contributed by atoms with E-state index in [2.05, 4.69) is 33.0 Å². The van der Waals surface area contributed by atoms with Crippen LogP contribution in [0.25, 0.3) is 0 Å². The number of hydrogen-bond donors (Lipinski definition) is 1. The molecule has 1 aromatic rings. The summed E-state index contributed by atoms with van der Waals surface area (Å²) in [4.78, 5) is 7.04. The van der Waals surface area contributed by atoms with Crippen LogP contribution in [0.5, 0.6) is 0 Å². The van der Waals surface area contributed by atoms with Gasteiger partial charge in [-0.05, 0) is 32.7 Å². The van der Waals surface area contributed by atoms with E-state index in [4.69, 9.17) is 0 Å². The number of hydrogen-bond acceptors (Lipinski definition) is 3. The van der Waals surface area contributed by atoms with Crippen molar-refractivity contribution in [1.29, 1.82) is 0 Å². The van der Waals surface area contributed by atoms with Gasteiger partial charge in [-0.15, -0.1) is 0 Å². The predicted octanol–water partition coefficient (Wildman–Crippen LogP) is 3.67. The van der Waals surface area contributed by atoms with Crippen LogP contribution < -0.4 is 5.32 Å². The van der Waals surface area contributed by atoms with E-state index in [1.807, 2.05) is 6.20 Å². The fourth-order valence-corrected chi connectivity index (χ4v) is 3.98. The van der Waals surface area contributed by atoms with Gasteiger partial charge in [0.2, 0.25) is 5.95 Å². The molecule has 0 saturated heterocycles. The Morgan fingerprint density at radius 3 is 2.62 bits per heavy atom. The van der Waals surface area contributed by atoms with E-state index in [0.717, 1.165) is 25.1 Å². The van der Waals surface area contributed by atoms with Crippen molar-refractivity contribution < 1.29 is 0 Å². The Bertz CT molecular complexity index is 416. The zero-order valence-electron chi connectivity index (χ0n) is 13.4. The minimum Gasteiger partial charge on any atom is -0.354 e. The van der Waals surface area contributed by atoms with Gasteiger partial charge in [0.15, 0.2) is 0 Å². The van der Waals surface area contributed by atoms with Gasteiger partial charge < -0.3 is 14.8 Å². The maximum absolute atomic E-state index is 4.52. The average Bonchev–Trinajstić information content (AvgIpc) is 3.20. The monoisotopic (exact) mass is 290 g/mol. The second-order valence-corrected chi connectivity index (χ2v) is 6.80. The van der Waals surface area contributed by atoms with Gasteiger partial charge in [0.05, 0.1) is 0 Å². The second kappa shape index (κ2) is 7.30. The van der Waals surface area contributed by atoms with Crippen LogP contribution >= 0.6 is 0 Å². The van der Waals surface area contributed by atoms with Gasteiger partial charge in [-0.2, -0.15) is 0 Å². The van der Waals surface area contributed by atoms with Crippen molar-refractivity contribution in [3.63, 3.8) is 0 Å². The Labute approximate surface area is 128 Å². The lowest BCUT2D eigenvalue weighted by Gasteiger charge is -2.26. The second-order valence-electron chi connectivity index (χ2n) is 6.80. The third-order valence-corrected chi connectivity index (χ3v) is 5.33. The molecule has 21 heavy (non-hydrogen) atoms. The normalized spacial score (nSPS) is 21.2. The first kappa shape index (κ1) is 14.9. The summed E-state index contributed by atoms with van der Waals surface area (Å²) in [5.74, 6) is 1.07. The topological polar surface area (TPSA) is 33.1 Å². The van der Waals surface area contributed by atoms with Gasteiger partial charge in [-0.3, -0.25) is 0 Å². The number of aromatic nitrogens is 2. The van der Waals surface area contributed by atoms with Gasteiger partial charge >= 0.3 is 0 Å². The highest BCUT2D eigenvalue weighted by molar-refractivity contribution is 5.26. The van der Waals surface area contributed by atoms with Crippen LogP contribution in [-0.4, -0.2) is 40.6 Å². The molecule has 0 aromatic carbocycles. The summed E-state index contributed by atoms with van der Waals surface area (Å²) in [7, 11) is 2.27. The molecule has 0 unspecified atom stereocenters.